The van der Waals surface area contributed by atoms with Crippen LogP contribution in [0.5, 0.6) is 0 Å². The summed E-state index contributed by atoms with van der Waals surface area (Å²) in [5.41, 5.74) is 3.96. The van der Waals surface area contributed by atoms with Crippen molar-refractivity contribution < 1.29 is 23.9 Å². The number of hydrogen-bond acceptors (Lipinski definition) is 6. The van der Waals surface area contributed by atoms with E-state index in [2.05, 4.69) is 28.5 Å². The first-order chi connectivity index (χ1) is 21.7. The number of hydrogen-bond donors (Lipinski definition) is 2. The minimum absolute atomic E-state index is 0.0417. The van der Waals surface area contributed by atoms with Gasteiger partial charge in [-0.05, 0) is 57.2 Å². The van der Waals surface area contributed by atoms with Gasteiger partial charge in [0.05, 0.1) is 23.6 Å². The van der Waals surface area contributed by atoms with Crippen LogP contribution in [0.4, 0.5) is 9.59 Å². The normalized spacial score (nSPS) is 20.3. The molecule has 2 N–H and O–H groups in total. The highest BCUT2D eigenvalue weighted by molar-refractivity contribution is 5.92. The fourth-order valence-corrected chi connectivity index (χ4v) is 6.24. The molecule has 6 rings (SSSR count). The third kappa shape index (κ3) is 6.79. The Hall–Kier alpha value is -4.86. The Bertz CT molecular complexity index is 1670. The van der Waals surface area contributed by atoms with Gasteiger partial charge in [-0.2, -0.15) is 0 Å². The highest BCUT2D eigenvalue weighted by Crippen LogP contribution is 2.39. The van der Waals surface area contributed by atoms with Gasteiger partial charge in [-0.25, -0.2) is 14.6 Å². The van der Waals surface area contributed by atoms with Crippen molar-refractivity contribution in [2.75, 3.05) is 13.1 Å². The van der Waals surface area contributed by atoms with E-state index in [1.165, 1.54) is 4.90 Å². The molecule has 234 valence electrons. The predicted molar refractivity (Wildman–Crippen MR) is 170 cm³/mol. The molecule has 0 saturated carbocycles. The summed E-state index contributed by atoms with van der Waals surface area (Å²) in [6.45, 7) is 5.73. The molecule has 10 nitrogen and oxygen atoms in total. The van der Waals surface area contributed by atoms with Crippen molar-refractivity contribution in [1.82, 2.24) is 25.1 Å². The third-order valence-corrected chi connectivity index (χ3v) is 8.28. The first kappa shape index (κ1) is 30.2. The molecule has 0 unspecified atom stereocenters. The van der Waals surface area contributed by atoms with E-state index in [0.29, 0.717) is 25.2 Å². The van der Waals surface area contributed by atoms with Gasteiger partial charge in [0.15, 0.2) is 0 Å². The number of alkyl carbamates (subject to hydrolysis) is 1. The summed E-state index contributed by atoms with van der Waals surface area (Å²) < 4.78 is 11.1. The molecule has 2 aliphatic rings. The summed E-state index contributed by atoms with van der Waals surface area (Å²) in [5, 5.41) is 2.76. The van der Waals surface area contributed by atoms with Gasteiger partial charge in [-0.15, -0.1) is 0 Å². The number of rotatable bonds is 5. The first-order valence-electron chi connectivity index (χ1n) is 15.5. The Balaban J connectivity index is 1.27. The lowest BCUT2D eigenvalue weighted by molar-refractivity contribution is -0.138. The van der Waals surface area contributed by atoms with Crippen molar-refractivity contribution in [1.29, 1.82) is 0 Å². The highest BCUT2D eigenvalue weighted by atomic mass is 16.6. The predicted octanol–water partition coefficient (Wildman–Crippen LogP) is 6.20. The van der Waals surface area contributed by atoms with E-state index in [1.807, 2.05) is 65.6 Å². The number of imidazole rings is 1. The quantitative estimate of drug-likeness (QED) is 0.278. The highest BCUT2D eigenvalue weighted by Gasteiger charge is 2.45. The average molecular weight is 610 g/mol. The van der Waals surface area contributed by atoms with Gasteiger partial charge < -0.3 is 29.6 Å². The summed E-state index contributed by atoms with van der Waals surface area (Å²) in [7, 11) is 0. The standard InChI is InChI=1S/C35H39N5O5/c1-35(2,3)45-33(42)37-28-21-39(34(43)44-22-23-11-6-4-7-12-23)20-19-25-17-18-29(40(25)32(28)41)31-36-27-16-10-15-26(30(27)38-31)24-13-8-5-9-14-24/h4-16,25,28-29H,17-22H2,1-3H3,(H,36,38)(H,37,42)/t25-,28+,29+/m1/s1. The molecular formula is C35H39N5O5. The number of fused-ring (bicyclic) bond motifs is 2. The zero-order chi connectivity index (χ0) is 31.6. The molecule has 2 fully saturated rings. The van der Waals surface area contributed by atoms with Gasteiger partial charge in [0.1, 0.15) is 24.1 Å². The van der Waals surface area contributed by atoms with Crippen LogP contribution in [-0.4, -0.2) is 68.6 Å². The van der Waals surface area contributed by atoms with Gasteiger partial charge in [-0.1, -0.05) is 72.8 Å². The van der Waals surface area contributed by atoms with Crippen molar-refractivity contribution in [3.63, 3.8) is 0 Å². The third-order valence-electron chi connectivity index (χ3n) is 8.28. The van der Waals surface area contributed by atoms with Crippen LogP contribution in [0.1, 0.15) is 57.5 Å². The molecule has 0 aliphatic carbocycles. The van der Waals surface area contributed by atoms with Crippen LogP contribution in [-0.2, 0) is 20.9 Å². The van der Waals surface area contributed by atoms with Crippen molar-refractivity contribution in [2.45, 2.75) is 70.4 Å². The van der Waals surface area contributed by atoms with E-state index < -0.39 is 23.8 Å². The van der Waals surface area contributed by atoms with E-state index in [-0.39, 0.29) is 31.1 Å². The van der Waals surface area contributed by atoms with E-state index in [1.54, 1.807) is 20.8 Å². The average Bonchev–Trinajstić information content (AvgIpc) is 3.64. The number of aromatic nitrogens is 2. The van der Waals surface area contributed by atoms with Crippen LogP contribution >= 0.6 is 0 Å². The lowest BCUT2D eigenvalue weighted by Gasteiger charge is -2.38. The molecule has 3 atom stereocenters. The number of nitrogens with zero attached hydrogens (tertiary/aromatic N) is 3. The van der Waals surface area contributed by atoms with Gasteiger partial charge in [0, 0.05) is 18.2 Å². The molecule has 2 aliphatic heterocycles. The number of nitrogens with one attached hydrogen (secondary N) is 2. The van der Waals surface area contributed by atoms with E-state index in [4.69, 9.17) is 14.5 Å². The number of benzene rings is 3. The summed E-state index contributed by atoms with van der Waals surface area (Å²) in [4.78, 5) is 52.4. The smallest absolute Gasteiger partial charge is 0.410 e. The summed E-state index contributed by atoms with van der Waals surface area (Å²) in [6.07, 6.45) is 0.774. The first-order valence-corrected chi connectivity index (χ1v) is 15.5. The van der Waals surface area contributed by atoms with Crippen molar-refractivity contribution in [3.8, 4) is 11.1 Å². The van der Waals surface area contributed by atoms with Crippen LogP contribution in [0.2, 0.25) is 0 Å². The molecule has 3 heterocycles. The van der Waals surface area contributed by atoms with Crippen molar-refractivity contribution >= 4 is 29.1 Å². The molecule has 0 radical (unpaired) electrons. The largest absolute Gasteiger partial charge is 0.445 e. The monoisotopic (exact) mass is 609 g/mol. The van der Waals surface area contributed by atoms with Gasteiger partial charge in [0.2, 0.25) is 5.91 Å². The number of para-hydroxylation sites is 1. The van der Waals surface area contributed by atoms with Gasteiger partial charge in [-0.3, -0.25) is 4.79 Å². The maximum Gasteiger partial charge on any atom is 0.410 e. The number of H-pyrrole nitrogens is 1. The number of aromatic amines is 1. The maximum atomic E-state index is 14.4. The Labute approximate surface area is 262 Å². The SMILES string of the molecule is CC(C)(C)OC(=O)N[C@H]1CN(C(=O)OCc2ccccc2)CC[C@H]2CC[C@@H](c3nc4cccc(-c5ccccc5)c4[nH]3)N2C1=O. The zero-order valence-electron chi connectivity index (χ0n) is 25.9. The summed E-state index contributed by atoms with van der Waals surface area (Å²) in [6, 6.07) is 24.1. The Morgan fingerprint density at radius 3 is 2.42 bits per heavy atom. The lowest BCUT2D eigenvalue weighted by atomic mass is 10.0. The fraction of sp³-hybridized carbons (Fsp3) is 0.371. The molecule has 10 heteroatoms. The number of ether oxygens (including phenoxy) is 2. The molecule has 0 spiro atoms. The molecule has 3 aromatic carbocycles. The Morgan fingerprint density at radius 1 is 0.956 bits per heavy atom. The second kappa shape index (κ2) is 12.6. The molecular weight excluding hydrogens is 570 g/mol. The van der Waals surface area contributed by atoms with E-state index in [9.17, 15) is 14.4 Å². The van der Waals surface area contributed by atoms with Gasteiger partial charge >= 0.3 is 12.2 Å². The second-order valence-electron chi connectivity index (χ2n) is 12.7. The molecule has 4 aromatic rings. The zero-order valence-corrected chi connectivity index (χ0v) is 25.9. The fourth-order valence-electron chi connectivity index (χ4n) is 6.24. The number of carbonyl (C=O) groups excluding carboxylic acids is 3. The molecule has 0 bridgehead atoms. The van der Waals surface area contributed by atoms with Gasteiger partial charge in [0.25, 0.3) is 0 Å². The molecule has 1 aromatic heterocycles. The van der Waals surface area contributed by atoms with Crippen LogP contribution in [0, 0.1) is 0 Å². The summed E-state index contributed by atoms with van der Waals surface area (Å²) >= 11 is 0. The number of amides is 3. The molecule has 3 amide bonds. The number of carbonyl (C=O) groups is 3. The molecule has 45 heavy (non-hydrogen) atoms. The minimum atomic E-state index is -1.03. The topological polar surface area (TPSA) is 117 Å². The van der Waals surface area contributed by atoms with E-state index >= 15 is 0 Å². The maximum absolute atomic E-state index is 14.4. The molecule has 2 saturated heterocycles. The van der Waals surface area contributed by atoms with Crippen LogP contribution in [0.25, 0.3) is 22.2 Å². The minimum Gasteiger partial charge on any atom is -0.445 e. The van der Waals surface area contributed by atoms with Crippen LogP contribution in [0.15, 0.2) is 78.9 Å². The Kier molecular flexibility index (Phi) is 8.47. The van der Waals surface area contributed by atoms with Crippen molar-refractivity contribution in [2.24, 2.45) is 0 Å². The van der Waals surface area contributed by atoms with E-state index in [0.717, 1.165) is 34.1 Å². The Morgan fingerprint density at radius 2 is 1.69 bits per heavy atom. The van der Waals surface area contributed by atoms with Crippen LogP contribution < -0.4 is 5.32 Å². The van der Waals surface area contributed by atoms with Crippen LogP contribution in [0.3, 0.4) is 0 Å². The summed E-state index contributed by atoms with van der Waals surface area (Å²) in [5.74, 6) is 0.428. The lowest BCUT2D eigenvalue weighted by Crippen LogP contribution is -2.58. The van der Waals surface area contributed by atoms with Crippen molar-refractivity contribution in [3.05, 3.63) is 90.3 Å². The second-order valence-corrected chi connectivity index (χ2v) is 12.7.